The Hall–Kier alpha value is -0.580. The highest BCUT2D eigenvalue weighted by Gasteiger charge is 2.13. The number of hydrogen-bond donors (Lipinski definition) is 2. The van der Waals surface area contributed by atoms with Crippen LogP contribution in [0, 0.1) is 5.92 Å². The maximum Gasteiger partial charge on any atom is 0.252 e. The van der Waals surface area contributed by atoms with Crippen LogP contribution in [0.1, 0.15) is 36.5 Å². The van der Waals surface area contributed by atoms with Gasteiger partial charge in [-0.05, 0) is 37.0 Å². The minimum atomic E-state index is -0.170. The zero-order valence-corrected chi connectivity index (χ0v) is 13.3. The van der Waals surface area contributed by atoms with Crippen LogP contribution in [0.15, 0.2) is 22.7 Å². The summed E-state index contributed by atoms with van der Waals surface area (Å²) in [5.41, 5.74) is 0.476. The van der Waals surface area contributed by atoms with Crippen LogP contribution < -0.4 is 5.32 Å². The molecule has 0 bridgehead atoms. The Morgan fingerprint density at radius 1 is 1.47 bits per heavy atom. The van der Waals surface area contributed by atoms with Crippen molar-refractivity contribution in [1.82, 2.24) is 5.32 Å². The molecular weight excluding hydrogens is 330 g/mol. The van der Waals surface area contributed by atoms with E-state index in [4.69, 9.17) is 16.7 Å². The van der Waals surface area contributed by atoms with Crippen molar-refractivity contribution in [2.24, 2.45) is 5.92 Å². The Kier molecular flexibility index (Phi) is 7.42. The average molecular weight is 349 g/mol. The summed E-state index contributed by atoms with van der Waals surface area (Å²) in [4.78, 5) is 12.0. The van der Waals surface area contributed by atoms with Crippen LogP contribution in [0.2, 0.25) is 5.02 Å². The van der Waals surface area contributed by atoms with E-state index in [9.17, 15) is 4.79 Å². The zero-order valence-electron chi connectivity index (χ0n) is 11.0. The molecule has 1 atom stereocenters. The van der Waals surface area contributed by atoms with E-state index in [2.05, 4.69) is 28.2 Å². The molecule has 1 unspecified atom stereocenters. The van der Waals surface area contributed by atoms with Gasteiger partial charge in [-0.3, -0.25) is 4.79 Å². The van der Waals surface area contributed by atoms with E-state index in [0.717, 1.165) is 17.3 Å². The van der Waals surface area contributed by atoms with Crippen molar-refractivity contribution in [2.45, 2.75) is 26.2 Å². The third kappa shape index (κ3) is 5.51. The van der Waals surface area contributed by atoms with Crippen molar-refractivity contribution in [3.8, 4) is 0 Å². The lowest BCUT2D eigenvalue weighted by Gasteiger charge is -2.16. The van der Waals surface area contributed by atoms with Crippen molar-refractivity contribution in [2.75, 3.05) is 13.2 Å². The number of benzene rings is 1. The molecule has 1 aromatic rings. The molecule has 0 saturated carbocycles. The van der Waals surface area contributed by atoms with E-state index < -0.39 is 0 Å². The lowest BCUT2D eigenvalue weighted by Crippen LogP contribution is -2.30. The second-order valence-corrected chi connectivity index (χ2v) is 5.82. The van der Waals surface area contributed by atoms with Gasteiger partial charge in [0.05, 0.1) is 10.6 Å². The number of amides is 1. The van der Waals surface area contributed by atoms with Gasteiger partial charge in [0.25, 0.3) is 5.91 Å². The summed E-state index contributed by atoms with van der Waals surface area (Å²) in [6.45, 7) is 2.82. The van der Waals surface area contributed by atoms with Gasteiger partial charge in [0.15, 0.2) is 0 Å². The molecule has 0 aliphatic carbocycles. The first-order valence-electron chi connectivity index (χ1n) is 6.42. The van der Waals surface area contributed by atoms with E-state index in [1.54, 1.807) is 18.2 Å². The van der Waals surface area contributed by atoms with Gasteiger partial charge in [-0.25, -0.2) is 0 Å². The first-order valence-corrected chi connectivity index (χ1v) is 7.59. The number of carbonyl (C=O) groups is 1. The van der Waals surface area contributed by atoms with Crippen LogP contribution in [0.4, 0.5) is 0 Å². The molecule has 1 aromatic carbocycles. The van der Waals surface area contributed by atoms with Crippen molar-refractivity contribution in [3.63, 3.8) is 0 Å². The monoisotopic (exact) mass is 347 g/mol. The highest BCUT2D eigenvalue weighted by molar-refractivity contribution is 9.10. The number of hydrogen-bond acceptors (Lipinski definition) is 2. The number of halogens is 2. The quantitative estimate of drug-likeness (QED) is 0.790. The molecule has 0 aromatic heterocycles. The molecule has 106 valence electrons. The van der Waals surface area contributed by atoms with Gasteiger partial charge in [0.2, 0.25) is 0 Å². The Morgan fingerprint density at radius 3 is 2.79 bits per heavy atom. The summed E-state index contributed by atoms with van der Waals surface area (Å²) >= 11 is 9.34. The summed E-state index contributed by atoms with van der Waals surface area (Å²) < 4.78 is 0.846. The second kappa shape index (κ2) is 8.56. The molecule has 1 rings (SSSR count). The molecule has 3 nitrogen and oxygen atoms in total. The molecule has 0 heterocycles. The fourth-order valence-electron chi connectivity index (χ4n) is 1.95. The van der Waals surface area contributed by atoms with Crippen molar-refractivity contribution in [1.29, 1.82) is 0 Å². The smallest absolute Gasteiger partial charge is 0.252 e. The largest absolute Gasteiger partial charge is 0.396 e. The fraction of sp³-hybridized carbons (Fsp3) is 0.500. The highest BCUT2D eigenvalue weighted by atomic mass is 79.9. The molecule has 0 radical (unpaired) electrons. The lowest BCUT2D eigenvalue weighted by atomic mass is 10.00. The van der Waals surface area contributed by atoms with Crippen molar-refractivity contribution < 1.29 is 9.90 Å². The van der Waals surface area contributed by atoms with Gasteiger partial charge in [-0.1, -0.05) is 40.9 Å². The molecule has 0 aliphatic rings. The summed E-state index contributed by atoms with van der Waals surface area (Å²) in [7, 11) is 0. The van der Waals surface area contributed by atoms with E-state index in [0.29, 0.717) is 29.5 Å². The van der Waals surface area contributed by atoms with Crippen LogP contribution >= 0.6 is 27.5 Å². The van der Waals surface area contributed by atoms with Gasteiger partial charge in [0, 0.05) is 17.6 Å². The highest BCUT2D eigenvalue weighted by Crippen LogP contribution is 2.21. The summed E-state index contributed by atoms with van der Waals surface area (Å²) in [5.74, 6) is 0.143. The SMILES string of the molecule is CCCC(CCO)CNC(=O)c1ccc(Br)cc1Cl. The molecular formula is C14H19BrClNO2. The molecule has 2 N–H and O–H groups in total. The Bertz CT molecular complexity index is 420. The van der Waals surface area contributed by atoms with Gasteiger partial charge < -0.3 is 10.4 Å². The van der Waals surface area contributed by atoms with Crippen LogP contribution in [0.25, 0.3) is 0 Å². The van der Waals surface area contributed by atoms with E-state index in [1.807, 2.05) is 0 Å². The predicted molar refractivity (Wildman–Crippen MR) is 81.6 cm³/mol. The summed E-state index contributed by atoms with van der Waals surface area (Å²) in [6, 6.07) is 5.19. The van der Waals surface area contributed by atoms with E-state index in [1.165, 1.54) is 0 Å². The van der Waals surface area contributed by atoms with Crippen molar-refractivity contribution in [3.05, 3.63) is 33.3 Å². The molecule has 19 heavy (non-hydrogen) atoms. The molecule has 0 aliphatic heterocycles. The van der Waals surface area contributed by atoms with Gasteiger partial charge in [-0.2, -0.15) is 0 Å². The maximum absolute atomic E-state index is 12.0. The van der Waals surface area contributed by atoms with Gasteiger partial charge >= 0.3 is 0 Å². The number of aliphatic hydroxyl groups excluding tert-OH is 1. The third-order valence-electron chi connectivity index (χ3n) is 2.96. The first-order chi connectivity index (χ1) is 9.08. The van der Waals surface area contributed by atoms with Crippen LogP contribution in [-0.2, 0) is 0 Å². The topological polar surface area (TPSA) is 49.3 Å². The number of nitrogens with one attached hydrogen (secondary N) is 1. The molecule has 0 spiro atoms. The molecule has 0 fully saturated rings. The van der Waals surface area contributed by atoms with E-state index >= 15 is 0 Å². The maximum atomic E-state index is 12.0. The first kappa shape index (κ1) is 16.5. The van der Waals surface area contributed by atoms with Gasteiger partial charge in [-0.15, -0.1) is 0 Å². The number of rotatable bonds is 7. The third-order valence-corrected chi connectivity index (χ3v) is 3.77. The summed E-state index contributed by atoms with van der Waals surface area (Å²) in [6.07, 6.45) is 2.75. The minimum absolute atomic E-state index is 0.152. The standard InChI is InChI=1S/C14H19BrClNO2/c1-2-3-10(6-7-18)9-17-14(19)12-5-4-11(15)8-13(12)16/h4-5,8,10,18H,2-3,6-7,9H2,1H3,(H,17,19). The number of carbonyl (C=O) groups excluding carboxylic acids is 1. The molecule has 0 saturated heterocycles. The second-order valence-electron chi connectivity index (χ2n) is 4.50. The average Bonchev–Trinajstić information content (AvgIpc) is 2.36. The predicted octanol–water partition coefficient (Wildman–Crippen LogP) is 3.63. The lowest BCUT2D eigenvalue weighted by molar-refractivity contribution is 0.0943. The Labute approximate surface area is 127 Å². The van der Waals surface area contributed by atoms with Gasteiger partial charge in [0.1, 0.15) is 0 Å². The normalized spacial score (nSPS) is 12.2. The summed E-state index contributed by atoms with van der Waals surface area (Å²) in [5, 5.41) is 12.3. The van der Waals surface area contributed by atoms with Crippen LogP contribution in [0.5, 0.6) is 0 Å². The molecule has 1 amide bonds. The Morgan fingerprint density at radius 2 is 2.21 bits per heavy atom. The molecule has 5 heteroatoms. The van der Waals surface area contributed by atoms with E-state index in [-0.39, 0.29) is 12.5 Å². The fourth-order valence-corrected chi connectivity index (χ4v) is 2.70. The zero-order chi connectivity index (χ0) is 14.3. The van der Waals surface area contributed by atoms with Crippen LogP contribution in [-0.4, -0.2) is 24.2 Å². The van der Waals surface area contributed by atoms with Crippen molar-refractivity contribution >= 4 is 33.4 Å². The Balaban J connectivity index is 2.58. The van der Waals surface area contributed by atoms with Crippen LogP contribution in [0.3, 0.4) is 0 Å². The number of aliphatic hydroxyl groups is 1. The minimum Gasteiger partial charge on any atom is -0.396 e.